The quantitative estimate of drug-likeness (QED) is 0.850. The third-order valence-corrected chi connectivity index (χ3v) is 4.92. The Bertz CT molecular complexity index is 868. The van der Waals surface area contributed by atoms with Crippen LogP contribution in [0.5, 0.6) is 0 Å². The Hall–Kier alpha value is -2.49. The number of aromatic nitrogens is 3. The fraction of sp³-hybridized carbons (Fsp3) is 0.375. The molecular formula is C16H18F2N6OS. The van der Waals surface area contributed by atoms with E-state index < -0.39 is 23.6 Å². The van der Waals surface area contributed by atoms with Crippen molar-refractivity contribution in [1.29, 1.82) is 0 Å². The number of pyridine rings is 1. The number of amidine groups is 1. The minimum atomic E-state index is -2.73. The van der Waals surface area contributed by atoms with Crippen LogP contribution in [0.15, 0.2) is 29.4 Å². The van der Waals surface area contributed by atoms with Crippen LogP contribution in [0.4, 0.5) is 14.5 Å². The lowest BCUT2D eigenvalue weighted by Crippen LogP contribution is -2.29. The molecule has 0 radical (unpaired) electrons. The molecule has 0 fully saturated rings. The van der Waals surface area contributed by atoms with Crippen LogP contribution in [0.3, 0.4) is 0 Å². The molecule has 3 heterocycles. The Morgan fingerprint density at radius 3 is 2.88 bits per heavy atom. The number of nitrogens with two attached hydrogens (primary N) is 1. The number of thioether (sulfide) groups is 1. The zero-order chi connectivity index (χ0) is 18.9. The van der Waals surface area contributed by atoms with Gasteiger partial charge in [-0.3, -0.25) is 14.5 Å². The number of hydrogen-bond acceptors (Lipinski definition) is 6. The highest BCUT2D eigenvalue weighted by Gasteiger charge is 2.31. The molecule has 0 aliphatic carbocycles. The maximum atomic E-state index is 12.7. The summed E-state index contributed by atoms with van der Waals surface area (Å²) in [6.07, 6.45) is -0.401. The number of nitrogens with one attached hydrogen (secondary N) is 1. The Morgan fingerprint density at radius 1 is 1.46 bits per heavy atom. The number of amides is 1. The summed E-state index contributed by atoms with van der Waals surface area (Å²) in [7, 11) is 1.44. The zero-order valence-electron chi connectivity index (χ0n) is 14.2. The van der Waals surface area contributed by atoms with E-state index in [1.165, 1.54) is 18.8 Å². The first kappa shape index (κ1) is 18.3. The zero-order valence-corrected chi connectivity index (χ0v) is 15.1. The van der Waals surface area contributed by atoms with E-state index in [1.54, 1.807) is 18.3 Å². The molecule has 26 heavy (non-hydrogen) atoms. The second kappa shape index (κ2) is 7.02. The van der Waals surface area contributed by atoms with Crippen LogP contribution in [0.2, 0.25) is 0 Å². The first-order chi connectivity index (χ1) is 12.3. The van der Waals surface area contributed by atoms with Crippen LogP contribution < -0.4 is 11.1 Å². The monoisotopic (exact) mass is 380 g/mol. The Labute approximate surface area is 153 Å². The average Bonchev–Trinajstić information content (AvgIpc) is 2.97. The number of aryl methyl sites for hydroxylation is 1. The van der Waals surface area contributed by atoms with Crippen molar-refractivity contribution in [3.05, 3.63) is 41.5 Å². The van der Waals surface area contributed by atoms with E-state index in [9.17, 15) is 13.6 Å². The molecule has 0 unspecified atom stereocenters. The van der Waals surface area contributed by atoms with E-state index in [-0.39, 0.29) is 5.69 Å². The number of alkyl halides is 2. The van der Waals surface area contributed by atoms with Gasteiger partial charge in [-0.15, -0.1) is 0 Å². The number of hydrogen-bond donors (Lipinski definition) is 2. The number of halogens is 2. The van der Waals surface area contributed by atoms with Crippen molar-refractivity contribution >= 4 is 28.5 Å². The minimum Gasteiger partial charge on any atom is -0.379 e. The van der Waals surface area contributed by atoms with Crippen molar-refractivity contribution in [2.75, 3.05) is 11.1 Å². The molecule has 1 aliphatic heterocycles. The average molecular weight is 380 g/mol. The van der Waals surface area contributed by atoms with Crippen molar-refractivity contribution in [1.82, 2.24) is 14.8 Å². The van der Waals surface area contributed by atoms with Gasteiger partial charge in [0.05, 0.1) is 5.69 Å². The predicted molar refractivity (Wildman–Crippen MR) is 96.4 cm³/mol. The first-order valence-electron chi connectivity index (χ1n) is 7.86. The third kappa shape index (κ3) is 3.69. The van der Waals surface area contributed by atoms with Crippen molar-refractivity contribution in [2.45, 2.75) is 25.3 Å². The maximum Gasteiger partial charge on any atom is 0.282 e. The molecule has 2 aromatic heterocycles. The van der Waals surface area contributed by atoms with Gasteiger partial charge in [-0.1, -0.05) is 11.8 Å². The van der Waals surface area contributed by atoms with E-state index in [0.717, 1.165) is 22.9 Å². The van der Waals surface area contributed by atoms with Crippen LogP contribution in [-0.2, 0) is 12.6 Å². The third-order valence-electron chi connectivity index (χ3n) is 4.12. The second-order valence-corrected chi connectivity index (χ2v) is 7.20. The lowest BCUT2D eigenvalue weighted by molar-refractivity contribution is 0.101. The molecular weight excluding hydrogens is 362 g/mol. The Balaban J connectivity index is 1.83. The molecule has 10 heteroatoms. The lowest BCUT2D eigenvalue weighted by Gasteiger charge is -2.28. The van der Waals surface area contributed by atoms with Gasteiger partial charge in [-0.2, -0.15) is 5.10 Å². The summed E-state index contributed by atoms with van der Waals surface area (Å²) in [5, 5.41) is 6.84. The Morgan fingerprint density at radius 2 is 2.23 bits per heavy atom. The van der Waals surface area contributed by atoms with Gasteiger partial charge in [0.2, 0.25) is 0 Å². The fourth-order valence-corrected chi connectivity index (χ4v) is 3.65. The standard InChI is InChI=1S/C16H18F2N6OS/c1-16(4-6-26-15(19)22-16)12-7-9(3-5-20-12)21-14(25)11-8-10(13(17)18)23-24(11)2/h3,5,7-8,13H,4,6H2,1-2H3,(H2,19,22)(H,20,21,25)/t16-/m0/s1. The van der Waals surface area contributed by atoms with Crippen LogP contribution in [0, 0.1) is 0 Å². The smallest absolute Gasteiger partial charge is 0.282 e. The van der Waals surface area contributed by atoms with Crippen molar-refractivity contribution in [3.63, 3.8) is 0 Å². The normalized spacial score (nSPS) is 20.1. The summed E-state index contributed by atoms with van der Waals surface area (Å²) >= 11 is 1.49. The van der Waals surface area contributed by atoms with Gasteiger partial charge in [-0.25, -0.2) is 13.8 Å². The number of carbonyl (C=O) groups excluding carboxylic acids is 1. The number of rotatable bonds is 4. The number of nitrogens with zero attached hydrogens (tertiary/aromatic N) is 4. The molecule has 0 saturated heterocycles. The van der Waals surface area contributed by atoms with E-state index >= 15 is 0 Å². The van der Waals surface area contributed by atoms with Gasteiger partial charge in [-0.05, 0) is 31.5 Å². The molecule has 1 atom stereocenters. The summed E-state index contributed by atoms with van der Waals surface area (Å²) in [5.74, 6) is 0.298. The summed E-state index contributed by atoms with van der Waals surface area (Å²) in [4.78, 5) is 21.2. The molecule has 138 valence electrons. The van der Waals surface area contributed by atoms with Crippen molar-refractivity contribution in [3.8, 4) is 0 Å². The molecule has 1 amide bonds. The molecule has 7 nitrogen and oxygen atoms in total. The van der Waals surface area contributed by atoms with E-state index in [1.807, 2.05) is 6.92 Å². The van der Waals surface area contributed by atoms with E-state index in [2.05, 4.69) is 20.4 Å². The SMILES string of the molecule is Cn1nc(C(F)F)cc1C(=O)Nc1ccnc([C@]2(C)CCSC(N)=N2)c1. The summed E-state index contributed by atoms with van der Waals surface area (Å²) < 4.78 is 26.6. The molecule has 0 aromatic carbocycles. The van der Waals surface area contributed by atoms with E-state index in [4.69, 9.17) is 5.73 Å². The van der Waals surface area contributed by atoms with Crippen molar-refractivity contribution < 1.29 is 13.6 Å². The molecule has 0 bridgehead atoms. The van der Waals surface area contributed by atoms with Gasteiger partial charge in [0.25, 0.3) is 12.3 Å². The number of carbonyl (C=O) groups is 1. The minimum absolute atomic E-state index is 0.0428. The molecule has 2 aromatic rings. The molecule has 0 spiro atoms. The van der Waals surface area contributed by atoms with Gasteiger partial charge in [0, 0.05) is 24.7 Å². The molecule has 0 saturated carbocycles. The number of aliphatic imine (C=N–C) groups is 1. The van der Waals surface area contributed by atoms with Crippen LogP contribution in [0.25, 0.3) is 0 Å². The highest BCUT2D eigenvalue weighted by Crippen LogP contribution is 2.34. The van der Waals surface area contributed by atoms with Crippen LogP contribution in [0.1, 0.15) is 41.6 Å². The summed E-state index contributed by atoms with van der Waals surface area (Å²) in [6.45, 7) is 1.93. The van der Waals surface area contributed by atoms with Gasteiger partial charge < -0.3 is 11.1 Å². The second-order valence-electron chi connectivity index (χ2n) is 6.08. The maximum absolute atomic E-state index is 12.7. The lowest BCUT2D eigenvalue weighted by atomic mass is 9.94. The van der Waals surface area contributed by atoms with E-state index in [0.29, 0.717) is 16.5 Å². The highest BCUT2D eigenvalue weighted by atomic mass is 32.2. The van der Waals surface area contributed by atoms with Gasteiger partial charge in [0.1, 0.15) is 16.9 Å². The molecule has 3 rings (SSSR count). The highest BCUT2D eigenvalue weighted by molar-refractivity contribution is 8.13. The first-order valence-corrected chi connectivity index (χ1v) is 8.85. The predicted octanol–water partition coefficient (Wildman–Crippen LogP) is 2.67. The molecule has 3 N–H and O–H groups in total. The largest absolute Gasteiger partial charge is 0.379 e. The summed E-state index contributed by atoms with van der Waals surface area (Å²) in [6, 6.07) is 4.42. The Kier molecular flexibility index (Phi) is 4.94. The number of anilines is 1. The summed E-state index contributed by atoms with van der Waals surface area (Å²) in [5.41, 5.74) is 6.04. The molecule has 1 aliphatic rings. The van der Waals surface area contributed by atoms with Gasteiger partial charge >= 0.3 is 0 Å². The topological polar surface area (TPSA) is 98.2 Å². The van der Waals surface area contributed by atoms with Gasteiger partial charge in [0.15, 0.2) is 5.17 Å². The van der Waals surface area contributed by atoms with Crippen molar-refractivity contribution in [2.24, 2.45) is 17.8 Å². The van der Waals surface area contributed by atoms with Crippen LogP contribution in [-0.4, -0.2) is 31.6 Å². The fourth-order valence-electron chi connectivity index (χ4n) is 2.68. The van der Waals surface area contributed by atoms with Crippen LogP contribution >= 0.6 is 11.8 Å².